The third-order valence-corrected chi connectivity index (χ3v) is 3.80. The zero-order valence-electron chi connectivity index (χ0n) is 10.00. The summed E-state index contributed by atoms with van der Waals surface area (Å²) in [6.07, 6.45) is 0. The molecule has 0 atom stereocenters. The van der Waals surface area contributed by atoms with Crippen LogP contribution >= 0.6 is 31.9 Å². The van der Waals surface area contributed by atoms with E-state index in [4.69, 9.17) is 10.5 Å². The first kappa shape index (κ1) is 14.5. The van der Waals surface area contributed by atoms with Gasteiger partial charge in [-0.3, -0.25) is 0 Å². The van der Waals surface area contributed by atoms with Gasteiger partial charge in [-0.05, 0) is 55.6 Å². The van der Waals surface area contributed by atoms with Gasteiger partial charge in [0, 0.05) is 12.1 Å². The van der Waals surface area contributed by atoms with Crippen LogP contribution in [-0.4, -0.2) is 0 Å². The summed E-state index contributed by atoms with van der Waals surface area (Å²) in [4.78, 5) is 0. The van der Waals surface area contributed by atoms with Crippen LogP contribution in [0.1, 0.15) is 11.1 Å². The molecule has 2 aromatic carbocycles. The van der Waals surface area contributed by atoms with Crippen molar-refractivity contribution < 1.29 is 9.13 Å². The zero-order valence-corrected chi connectivity index (χ0v) is 13.2. The van der Waals surface area contributed by atoms with Crippen LogP contribution in [0.2, 0.25) is 0 Å². The molecule has 2 N–H and O–H groups in total. The summed E-state index contributed by atoms with van der Waals surface area (Å²) in [6.45, 7) is 0.622. The third-order valence-electron chi connectivity index (χ3n) is 2.62. The first-order valence-corrected chi connectivity index (χ1v) is 7.24. The van der Waals surface area contributed by atoms with Gasteiger partial charge in [-0.1, -0.05) is 18.2 Å². The lowest BCUT2D eigenvalue weighted by molar-refractivity contribution is 0.296. The maximum Gasteiger partial charge on any atom is 0.148 e. The van der Waals surface area contributed by atoms with Gasteiger partial charge in [-0.15, -0.1) is 0 Å². The number of hydrogen-bond acceptors (Lipinski definition) is 2. The molecule has 5 heteroatoms. The van der Waals surface area contributed by atoms with Gasteiger partial charge < -0.3 is 10.5 Å². The van der Waals surface area contributed by atoms with E-state index in [0.29, 0.717) is 17.9 Å². The van der Waals surface area contributed by atoms with Crippen molar-refractivity contribution >= 4 is 31.9 Å². The molecule has 0 saturated carbocycles. The van der Waals surface area contributed by atoms with Gasteiger partial charge in [-0.2, -0.15) is 0 Å². The molecule has 2 rings (SSSR count). The van der Waals surface area contributed by atoms with Crippen LogP contribution in [0, 0.1) is 5.82 Å². The molecule has 0 spiro atoms. The Labute approximate surface area is 128 Å². The highest BCUT2D eigenvalue weighted by atomic mass is 79.9. The maximum atomic E-state index is 13.5. The lowest BCUT2D eigenvalue weighted by atomic mass is 10.2. The number of halogens is 3. The van der Waals surface area contributed by atoms with Gasteiger partial charge in [-0.25, -0.2) is 4.39 Å². The van der Waals surface area contributed by atoms with Crippen molar-refractivity contribution in [2.45, 2.75) is 13.2 Å². The van der Waals surface area contributed by atoms with E-state index in [2.05, 4.69) is 31.9 Å². The molecule has 0 aromatic heterocycles. The van der Waals surface area contributed by atoms with Crippen LogP contribution in [-0.2, 0) is 13.2 Å². The first-order valence-electron chi connectivity index (χ1n) is 5.66. The van der Waals surface area contributed by atoms with E-state index in [1.165, 1.54) is 6.07 Å². The molecule has 2 aromatic rings. The smallest absolute Gasteiger partial charge is 0.148 e. The SMILES string of the molecule is NCc1cc(Br)c(OCc2ccccc2F)c(Br)c1. The van der Waals surface area contributed by atoms with Crippen LogP contribution in [0.25, 0.3) is 0 Å². The lowest BCUT2D eigenvalue weighted by Gasteiger charge is -2.12. The predicted octanol–water partition coefficient (Wildman–Crippen LogP) is 4.39. The largest absolute Gasteiger partial charge is 0.486 e. The summed E-state index contributed by atoms with van der Waals surface area (Å²) in [5, 5.41) is 0. The molecule has 2 nitrogen and oxygen atoms in total. The van der Waals surface area contributed by atoms with Gasteiger partial charge in [0.05, 0.1) is 8.95 Å². The minimum atomic E-state index is -0.270. The quantitative estimate of drug-likeness (QED) is 0.842. The van der Waals surface area contributed by atoms with Gasteiger partial charge in [0.15, 0.2) is 0 Å². The van der Waals surface area contributed by atoms with Crippen LogP contribution in [0.3, 0.4) is 0 Å². The fourth-order valence-corrected chi connectivity index (χ4v) is 3.14. The van der Waals surface area contributed by atoms with Crippen molar-refractivity contribution in [3.63, 3.8) is 0 Å². The Morgan fingerprint density at radius 3 is 2.32 bits per heavy atom. The minimum Gasteiger partial charge on any atom is -0.486 e. The van der Waals surface area contributed by atoms with E-state index in [1.807, 2.05) is 12.1 Å². The normalized spacial score (nSPS) is 10.5. The summed E-state index contributed by atoms with van der Waals surface area (Å²) >= 11 is 6.85. The second kappa shape index (κ2) is 6.50. The highest BCUT2D eigenvalue weighted by molar-refractivity contribution is 9.11. The number of benzene rings is 2. The van der Waals surface area contributed by atoms with Crippen molar-refractivity contribution in [2.24, 2.45) is 5.73 Å². The van der Waals surface area contributed by atoms with Gasteiger partial charge in [0.1, 0.15) is 18.2 Å². The third kappa shape index (κ3) is 3.55. The Morgan fingerprint density at radius 1 is 1.11 bits per heavy atom. The van der Waals surface area contributed by atoms with Crippen molar-refractivity contribution in [3.8, 4) is 5.75 Å². The van der Waals surface area contributed by atoms with E-state index in [1.54, 1.807) is 18.2 Å². The van der Waals surface area contributed by atoms with Gasteiger partial charge in [0.2, 0.25) is 0 Å². The molecular weight excluding hydrogens is 377 g/mol. The maximum absolute atomic E-state index is 13.5. The molecule has 0 fully saturated rings. The number of rotatable bonds is 4. The molecule has 0 unspecified atom stereocenters. The van der Waals surface area contributed by atoms with Crippen molar-refractivity contribution in [1.82, 2.24) is 0 Å². The molecule has 0 aliphatic heterocycles. The van der Waals surface area contributed by atoms with E-state index in [9.17, 15) is 4.39 Å². The van der Waals surface area contributed by atoms with E-state index in [0.717, 1.165) is 14.5 Å². The molecule has 0 bridgehead atoms. The Morgan fingerprint density at radius 2 is 1.74 bits per heavy atom. The Hall–Kier alpha value is -0.910. The van der Waals surface area contributed by atoms with Crippen LogP contribution in [0.4, 0.5) is 4.39 Å². The average molecular weight is 389 g/mol. The topological polar surface area (TPSA) is 35.2 Å². The molecule has 0 amide bonds. The number of ether oxygens (including phenoxy) is 1. The molecule has 0 radical (unpaired) electrons. The molecule has 19 heavy (non-hydrogen) atoms. The Kier molecular flexibility index (Phi) is 4.96. The summed E-state index contributed by atoms with van der Waals surface area (Å²) in [5.41, 5.74) is 7.09. The second-order valence-corrected chi connectivity index (χ2v) is 5.68. The number of hydrogen-bond donors (Lipinski definition) is 1. The Bertz CT molecular complexity index is 566. The molecule has 0 heterocycles. The lowest BCUT2D eigenvalue weighted by Crippen LogP contribution is -2.01. The molecular formula is C14H12Br2FNO. The molecule has 0 aliphatic rings. The van der Waals surface area contributed by atoms with E-state index >= 15 is 0 Å². The van der Waals surface area contributed by atoms with E-state index < -0.39 is 0 Å². The fourth-order valence-electron chi connectivity index (χ4n) is 1.63. The first-order chi connectivity index (χ1) is 9.11. The number of nitrogens with two attached hydrogens (primary N) is 1. The van der Waals surface area contributed by atoms with Crippen LogP contribution in [0.15, 0.2) is 45.3 Å². The average Bonchev–Trinajstić information content (AvgIpc) is 2.39. The standard InChI is InChI=1S/C14H12Br2FNO/c15-11-5-9(7-18)6-12(16)14(11)19-8-10-3-1-2-4-13(10)17/h1-6H,7-8,18H2. The minimum absolute atomic E-state index is 0.172. The van der Waals surface area contributed by atoms with Crippen LogP contribution in [0.5, 0.6) is 5.75 Å². The zero-order chi connectivity index (χ0) is 13.8. The molecule has 0 saturated heterocycles. The highest BCUT2D eigenvalue weighted by Crippen LogP contribution is 2.35. The second-order valence-electron chi connectivity index (χ2n) is 3.97. The van der Waals surface area contributed by atoms with Gasteiger partial charge >= 0.3 is 0 Å². The van der Waals surface area contributed by atoms with Crippen molar-refractivity contribution in [1.29, 1.82) is 0 Å². The van der Waals surface area contributed by atoms with E-state index in [-0.39, 0.29) is 12.4 Å². The summed E-state index contributed by atoms with van der Waals surface area (Å²) < 4.78 is 20.7. The van der Waals surface area contributed by atoms with Crippen molar-refractivity contribution in [3.05, 3.63) is 62.3 Å². The summed E-state index contributed by atoms with van der Waals surface area (Å²) in [7, 11) is 0. The summed E-state index contributed by atoms with van der Waals surface area (Å²) in [6, 6.07) is 10.3. The van der Waals surface area contributed by atoms with Crippen LogP contribution < -0.4 is 10.5 Å². The fraction of sp³-hybridized carbons (Fsp3) is 0.143. The highest BCUT2D eigenvalue weighted by Gasteiger charge is 2.10. The predicted molar refractivity (Wildman–Crippen MR) is 80.5 cm³/mol. The summed E-state index contributed by atoms with van der Waals surface area (Å²) in [5.74, 6) is 0.369. The van der Waals surface area contributed by atoms with Crippen molar-refractivity contribution in [2.75, 3.05) is 0 Å². The van der Waals surface area contributed by atoms with Gasteiger partial charge in [0.25, 0.3) is 0 Å². The monoisotopic (exact) mass is 387 g/mol. The molecule has 0 aliphatic carbocycles. The Balaban J connectivity index is 2.18. The molecule has 100 valence electrons.